The van der Waals surface area contributed by atoms with Crippen LogP contribution in [0, 0.1) is 0 Å². The highest BCUT2D eigenvalue weighted by Gasteiger charge is 2.15. The summed E-state index contributed by atoms with van der Waals surface area (Å²) in [6.45, 7) is 1.01. The van der Waals surface area contributed by atoms with Crippen LogP contribution in [0.1, 0.15) is 0 Å². The zero-order chi connectivity index (χ0) is 17.2. The van der Waals surface area contributed by atoms with Gasteiger partial charge >= 0.3 is 0 Å². The lowest BCUT2D eigenvalue weighted by molar-refractivity contribution is -0.113. The average molecular weight is 373 g/mol. The van der Waals surface area contributed by atoms with Crippen LogP contribution in [0.15, 0.2) is 40.8 Å². The van der Waals surface area contributed by atoms with E-state index >= 15 is 0 Å². The Morgan fingerprint density at radius 1 is 1.36 bits per heavy atom. The topological polar surface area (TPSA) is 90.5 Å². The summed E-state index contributed by atoms with van der Waals surface area (Å²) < 4.78 is 3.71. The van der Waals surface area contributed by atoms with Crippen molar-refractivity contribution >= 4 is 35.1 Å². The van der Waals surface area contributed by atoms with Gasteiger partial charge in [-0.15, -0.1) is 5.10 Å². The molecule has 1 aliphatic rings. The lowest BCUT2D eigenvalue weighted by Crippen LogP contribution is -2.14. The van der Waals surface area contributed by atoms with Crippen molar-refractivity contribution in [3.05, 3.63) is 30.5 Å². The van der Waals surface area contributed by atoms with Crippen molar-refractivity contribution in [1.29, 1.82) is 0 Å². The highest BCUT2D eigenvalue weighted by atomic mass is 32.2. The van der Waals surface area contributed by atoms with Crippen LogP contribution in [0.3, 0.4) is 0 Å². The van der Waals surface area contributed by atoms with Gasteiger partial charge in [0.15, 0.2) is 5.16 Å². The number of carbonyl (C=O) groups excluding carboxylic acids is 1. The van der Waals surface area contributed by atoms with E-state index in [0.29, 0.717) is 5.16 Å². The molecule has 1 aliphatic heterocycles. The van der Waals surface area contributed by atoms with Gasteiger partial charge in [0.25, 0.3) is 0 Å². The van der Waals surface area contributed by atoms with Gasteiger partial charge in [0.05, 0.1) is 11.4 Å². The SMILES string of the molecule is Cn1nnnc1SCC(=O)Nc1ccc(-c2cn3c(n2)SCC3)cc1. The first-order chi connectivity index (χ1) is 12.2. The van der Waals surface area contributed by atoms with Crippen LogP contribution < -0.4 is 5.32 Å². The molecule has 0 unspecified atom stereocenters. The van der Waals surface area contributed by atoms with Crippen molar-refractivity contribution in [2.75, 3.05) is 16.8 Å². The Balaban J connectivity index is 1.36. The number of tetrazole rings is 1. The first kappa shape index (κ1) is 16.2. The molecule has 0 aliphatic carbocycles. The number of benzene rings is 1. The molecule has 8 nitrogen and oxygen atoms in total. The highest BCUT2D eigenvalue weighted by Crippen LogP contribution is 2.29. The molecule has 0 saturated heterocycles. The number of hydrogen-bond donors (Lipinski definition) is 1. The van der Waals surface area contributed by atoms with E-state index < -0.39 is 0 Å². The van der Waals surface area contributed by atoms with Gasteiger partial charge in [0.2, 0.25) is 11.1 Å². The van der Waals surface area contributed by atoms with Gasteiger partial charge in [-0.3, -0.25) is 4.79 Å². The third kappa shape index (κ3) is 3.54. The molecule has 0 spiro atoms. The second-order valence-corrected chi connectivity index (χ2v) is 7.45. The van der Waals surface area contributed by atoms with Crippen molar-refractivity contribution in [3.8, 4) is 11.3 Å². The van der Waals surface area contributed by atoms with Gasteiger partial charge in [-0.25, -0.2) is 9.67 Å². The number of hydrogen-bond acceptors (Lipinski definition) is 7. The molecule has 4 rings (SSSR count). The molecule has 1 aromatic carbocycles. The number of thioether (sulfide) groups is 2. The molecule has 128 valence electrons. The largest absolute Gasteiger partial charge is 0.325 e. The van der Waals surface area contributed by atoms with Crippen molar-refractivity contribution in [2.45, 2.75) is 16.9 Å². The van der Waals surface area contributed by atoms with Crippen LogP contribution >= 0.6 is 23.5 Å². The van der Waals surface area contributed by atoms with E-state index in [2.05, 4.69) is 36.6 Å². The molecule has 1 N–H and O–H groups in total. The van der Waals surface area contributed by atoms with Crippen LogP contribution in [0.2, 0.25) is 0 Å². The number of fused-ring (bicyclic) bond motifs is 1. The molecule has 0 radical (unpaired) electrons. The number of anilines is 1. The van der Waals surface area contributed by atoms with E-state index in [4.69, 9.17) is 0 Å². The molecule has 2 aromatic heterocycles. The minimum atomic E-state index is -0.0990. The summed E-state index contributed by atoms with van der Waals surface area (Å²) in [5, 5.41) is 15.7. The molecule has 0 atom stereocenters. The average Bonchev–Trinajstić information content (AvgIpc) is 3.29. The number of rotatable bonds is 5. The normalized spacial score (nSPS) is 13.0. The Morgan fingerprint density at radius 3 is 2.92 bits per heavy atom. The molecular weight excluding hydrogens is 358 g/mol. The lowest BCUT2D eigenvalue weighted by atomic mass is 10.1. The third-order valence-electron chi connectivity index (χ3n) is 3.68. The summed E-state index contributed by atoms with van der Waals surface area (Å²) in [7, 11) is 1.74. The Hall–Kier alpha value is -2.33. The molecule has 25 heavy (non-hydrogen) atoms. The fourth-order valence-electron chi connectivity index (χ4n) is 2.44. The summed E-state index contributed by atoms with van der Waals surface area (Å²) in [5.74, 6) is 1.25. The standard InChI is InChI=1S/C15H15N7OS2/c1-21-15(18-19-20-21)25-9-13(23)16-11-4-2-10(3-5-11)12-8-22-6-7-24-14(22)17-12/h2-5,8H,6-7,9H2,1H3,(H,16,23). The summed E-state index contributed by atoms with van der Waals surface area (Å²) in [6.07, 6.45) is 2.08. The number of nitrogens with zero attached hydrogens (tertiary/aromatic N) is 6. The van der Waals surface area contributed by atoms with E-state index in [-0.39, 0.29) is 11.7 Å². The van der Waals surface area contributed by atoms with E-state index in [1.165, 1.54) is 16.4 Å². The molecule has 0 saturated carbocycles. The van der Waals surface area contributed by atoms with Gasteiger partial charge in [-0.1, -0.05) is 35.7 Å². The van der Waals surface area contributed by atoms with Gasteiger partial charge < -0.3 is 9.88 Å². The zero-order valence-corrected chi connectivity index (χ0v) is 15.0. The summed E-state index contributed by atoms with van der Waals surface area (Å²) in [4.78, 5) is 16.7. The second kappa shape index (κ2) is 6.89. The maximum absolute atomic E-state index is 12.0. The fourth-order valence-corrected chi connectivity index (χ4v) is 4.04. The molecular formula is C15H15N7OS2. The molecule has 10 heteroatoms. The van der Waals surface area contributed by atoms with Crippen LogP contribution in [-0.4, -0.2) is 47.2 Å². The van der Waals surface area contributed by atoms with Crippen molar-refractivity contribution in [2.24, 2.45) is 7.05 Å². The van der Waals surface area contributed by atoms with E-state index in [1.54, 1.807) is 18.8 Å². The number of amides is 1. The van der Waals surface area contributed by atoms with E-state index in [0.717, 1.165) is 34.4 Å². The Morgan fingerprint density at radius 2 is 2.20 bits per heavy atom. The minimum Gasteiger partial charge on any atom is -0.325 e. The van der Waals surface area contributed by atoms with Crippen molar-refractivity contribution < 1.29 is 4.79 Å². The molecule has 1 amide bonds. The third-order valence-corrected chi connectivity index (χ3v) is 5.66. The molecule has 0 fully saturated rings. The summed E-state index contributed by atoms with van der Waals surface area (Å²) >= 11 is 3.07. The lowest BCUT2D eigenvalue weighted by Gasteiger charge is -2.05. The number of aryl methyl sites for hydroxylation is 2. The number of aromatic nitrogens is 6. The highest BCUT2D eigenvalue weighted by molar-refractivity contribution is 7.99. The Kier molecular flexibility index (Phi) is 4.45. The second-order valence-electron chi connectivity index (χ2n) is 5.45. The number of imidazole rings is 1. The maximum Gasteiger partial charge on any atom is 0.234 e. The zero-order valence-electron chi connectivity index (χ0n) is 13.4. The minimum absolute atomic E-state index is 0.0990. The van der Waals surface area contributed by atoms with Gasteiger partial charge in [-0.2, -0.15) is 0 Å². The number of carbonyl (C=O) groups is 1. The predicted octanol–water partition coefficient (Wildman–Crippen LogP) is 1.91. The van der Waals surface area contributed by atoms with Crippen LogP contribution in [0.4, 0.5) is 5.69 Å². The van der Waals surface area contributed by atoms with Crippen molar-refractivity contribution in [3.63, 3.8) is 0 Å². The predicted molar refractivity (Wildman–Crippen MR) is 96.5 cm³/mol. The summed E-state index contributed by atoms with van der Waals surface area (Å²) in [5.41, 5.74) is 2.76. The van der Waals surface area contributed by atoms with Gasteiger partial charge in [0, 0.05) is 36.8 Å². The smallest absolute Gasteiger partial charge is 0.234 e. The van der Waals surface area contributed by atoms with Crippen molar-refractivity contribution in [1.82, 2.24) is 29.8 Å². The summed E-state index contributed by atoms with van der Waals surface area (Å²) in [6, 6.07) is 7.72. The first-order valence-corrected chi connectivity index (χ1v) is 9.61. The van der Waals surface area contributed by atoms with Crippen LogP contribution in [0.5, 0.6) is 0 Å². The molecule has 3 heterocycles. The quantitative estimate of drug-likeness (QED) is 0.683. The van der Waals surface area contributed by atoms with Crippen LogP contribution in [0.25, 0.3) is 11.3 Å². The van der Waals surface area contributed by atoms with Gasteiger partial charge in [0.1, 0.15) is 0 Å². The van der Waals surface area contributed by atoms with E-state index in [1.807, 2.05) is 24.3 Å². The molecule has 0 bridgehead atoms. The Bertz CT molecular complexity index is 882. The first-order valence-electron chi connectivity index (χ1n) is 7.64. The molecule has 3 aromatic rings. The Labute approximate surface area is 152 Å². The van der Waals surface area contributed by atoms with E-state index in [9.17, 15) is 4.79 Å². The van der Waals surface area contributed by atoms with Gasteiger partial charge in [-0.05, 0) is 22.6 Å². The monoisotopic (exact) mass is 373 g/mol. The fraction of sp³-hybridized carbons (Fsp3) is 0.267. The maximum atomic E-state index is 12.0. The van der Waals surface area contributed by atoms with Crippen LogP contribution in [-0.2, 0) is 18.4 Å². The number of nitrogens with one attached hydrogen (secondary N) is 1.